The quantitative estimate of drug-likeness (QED) is 0.771. The Labute approximate surface area is 191 Å². The van der Waals surface area contributed by atoms with Crippen molar-refractivity contribution < 1.29 is 9.53 Å². The summed E-state index contributed by atoms with van der Waals surface area (Å²) in [6.07, 6.45) is 7.11. The fraction of sp³-hybridized carbons (Fsp3) is 0.560. The Hall–Kier alpha value is -2.67. The van der Waals surface area contributed by atoms with Gasteiger partial charge in [0.05, 0.1) is 17.4 Å². The minimum atomic E-state index is -0.490. The second-order valence-electron chi connectivity index (χ2n) is 9.92. The molecule has 0 spiro atoms. The first-order valence-electron chi connectivity index (χ1n) is 11.7. The highest BCUT2D eigenvalue weighted by atomic mass is 16.6. The molecule has 2 fully saturated rings. The molecule has 2 aliphatic heterocycles. The lowest BCUT2D eigenvalue weighted by Gasteiger charge is -2.56. The third kappa shape index (κ3) is 4.18. The highest BCUT2D eigenvalue weighted by Crippen LogP contribution is 2.51. The molecule has 172 valence electrons. The van der Waals surface area contributed by atoms with E-state index in [2.05, 4.69) is 36.7 Å². The highest BCUT2D eigenvalue weighted by molar-refractivity contribution is 5.68. The molecule has 3 atom stereocenters. The lowest BCUT2D eigenvalue weighted by atomic mass is 9.65. The van der Waals surface area contributed by atoms with Crippen molar-refractivity contribution in [1.29, 1.82) is 0 Å². The standard InChI is InChI=1S/C25H35N5O2/c1-24(2,3)25(20-10-4-7-14-27-20)18-19(13-17-30(25)22-12-5-8-15-28-22)32-23(31)29-16-9-6-11-21(29)26/h4-5,7-8,10,12,14-15,19,21H,6,9,11,13,16-18,26H2,1-3H3. The summed E-state index contributed by atoms with van der Waals surface area (Å²) < 4.78 is 6.09. The number of carbonyl (C=O) groups excluding carboxylic acids is 1. The number of pyridine rings is 2. The Morgan fingerprint density at radius 1 is 1.06 bits per heavy atom. The van der Waals surface area contributed by atoms with Crippen LogP contribution in [0.3, 0.4) is 0 Å². The molecule has 2 saturated heterocycles. The highest BCUT2D eigenvalue weighted by Gasteiger charge is 2.54. The van der Waals surface area contributed by atoms with Crippen molar-refractivity contribution in [2.24, 2.45) is 11.1 Å². The fourth-order valence-electron chi connectivity index (χ4n) is 5.27. The molecule has 4 rings (SSSR count). The maximum atomic E-state index is 13.0. The summed E-state index contributed by atoms with van der Waals surface area (Å²) in [5.74, 6) is 0.913. The molecule has 7 heteroatoms. The van der Waals surface area contributed by atoms with Gasteiger partial charge in [0.1, 0.15) is 11.9 Å². The third-order valence-corrected chi connectivity index (χ3v) is 6.96. The Morgan fingerprint density at radius 3 is 2.44 bits per heavy atom. The van der Waals surface area contributed by atoms with Crippen LogP contribution in [0.15, 0.2) is 48.8 Å². The average molecular weight is 438 g/mol. The molecule has 2 aromatic heterocycles. The van der Waals surface area contributed by atoms with Crippen molar-refractivity contribution in [1.82, 2.24) is 14.9 Å². The van der Waals surface area contributed by atoms with Crippen LogP contribution in [0.2, 0.25) is 0 Å². The zero-order valence-electron chi connectivity index (χ0n) is 19.4. The predicted octanol–water partition coefficient (Wildman–Crippen LogP) is 4.29. The Kier molecular flexibility index (Phi) is 6.38. The van der Waals surface area contributed by atoms with Gasteiger partial charge in [-0.15, -0.1) is 0 Å². The monoisotopic (exact) mass is 437 g/mol. The number of aromatic nitrogens is 2. The maximum Gasteiger partial charge on any atom is 0.411 e. The first-order valence-corrected chi connectivity index (χ1v) is 11.7. The van der Waals surface area contributed by atoms with Gasteiger partial charge in [-0.3, -0.25) is 9.88 Å². The lowest BCUT2D eigenvalue weighted by molar-refractivity contribution is -0.00327. The van der Waals surface area contributed by atoms with Gasteiger partial charge in [0.15, 0.2) is 0 Å². The molecular formula is C25H35N5O2. The molecular weight excluding hydrogens is 402 g/mol. The average Bonchev–Trinajstić information content (AvgIpc) is 2.79. The fourth-order valence-corrected chi connectivity index (χ4v) is 5.27. The molecule has 2 aromatic rings. The Balaban J connectivity index is 1.69. The molecule has 7 nitrogen and oxygen atoms in total. The topological polar surface area (TPSA) is 84.6 Å². The molecule has 32 heavy (non-hydrogen) atoms. The van der Waals surface area contributed by atoms with Crippen LogP contribution < -0.4 is 10.6 Å². The molecule has 2 N–H and O–H groups in total. The van der Waals surface area contributed by atoms with Crippen LogP contribution >= 0.6 is 0 Å². The number of likely N-dealkylation sites (tertiary alicyclic amines) is 1. The maximum absolute atomic E-state index is 13.0. The summed E-state index contributed by atoms with van der Waals surface area (Å²) in [6.45, 7) is 8.05. The van der Waals surface area contributed by atoms with Crippen molar-refractivity contribution in [2.45, 2.75) is 70.7 Å². The van der Waals surface area contributed by atoms with Crippen LogP contribution in [-0.4, -0.2) is 46.3 Å². The summed E-state index contributed by atoms with van der Waals surface area (Å²) in [7, 11) is 0. The van der Waals surface area contributed by atoms with E-state index in [-0.39, 0.29) is 23.8 Å². The normalized spacial score (nSPS) is 26.6. The summed E-state index contributed by atoms with van der Waals surface area (Å²) in [6, 6.07) is 12.0. The minimum Gasteiger partial charge on any atom is -0.446 e. The van der Waals surface area contributed by atoms with Crippen LogP contribution in [0.1, 0.15) is 58.6 Å². The zero-order valence-corrected chi connectivity index (χ0v) is 19.4. The van der Waals surface area contributed by atoms with E-state index in [4.69, 9.17) is 15.5 Å². The van der Waals surface area contributed by atoms with Gasteiger partial charge in [-0.05, 0) is 48.9 Å². The van der Waals surface area contributed by atoms with Crippen molar-refractivity contribution >= 4 is 11.9 Å². The van der Waals surface area contributed by atoms with E-state index in [1.807, 2.05) is 42.7 Å². The number of nitrogens with two attached hydrogens (primary N) is 1. The van der Waals surface area contributed by atoms with Crippen molar-refractivity contribution in [2.75, 3.05) is 18.0 Å². The van der Waals surface area contributed by atoms with Crippen LogP contribution in [0.4, 0.5) is 10.6 Å². The van der Waals surface area contributed by atoms with Gasteiger partial charge in [0, 0.05) is 38.3 Å². The molecule has 0 bridgehead atoms. The van der Waals surface area contributed by atoms with E-state index in [9.17, 15) is 4.79 Å². The number of amides is 1. The molecule has 3 unspecified atom stereocenters. The van der Waals surface area contributed by atoms with E-state index in [1.54, 1.807) is 4.90 Å². The minimum absolute atomic E-state index is 0.203. The van der Waals surface area contributed by atoms with E-state index < -0.39 is 5.54 Å². The van der Waals surface area contributed by atoms with Crippen molar-refractivity contribution in [3.05, 3.63) is 54.5 Å². The Morgan fingerprint density at radius 2 is 1.81 bits per heavy atom. The first kappa shape index (κ1) is 22.5. The van der Waals surface area contributed by atoms with Crippen LogP contribution in [0.5, 0.6) is 0 Å². The summed E-state index contributed by atoms with van der Waals surface area (Å²) in [4.78, 5) is 26.5. The summed E-state index contributed by atoms with van der Waals surface area (Å²) in [5, 5.41) is 0. The number of carbonyl (C=O) groups is 1. The molecule has 2 aliphatic rings. The number of hydrogen-bond donors (Lipinski definition) is 1. The molecule has 0 aliphatic carbocycles. The second kappa shape index (κ2) is 9.06. The van der Waals surface area contributed by atoms with Gasteiger partial charge in [-0.2, -0.15) is 0 Å². The van der Waals surface area contributed by atoms with Crippen molar-refractivity contribution in [3.63, 3.8) is 0 Å². The largest absolute Gasteiger partial charge is 0.446 e. The lowest BCUT2D eigenvalue weighted by Crippen LogP contribution is -2.61. The number of piperidine rings is 2. The molecule has 4 heterocycles. The van der Waals surface area contributed by atoms with E-state index in [0.29, 0.717) is 13.0 Å². The van der Waals surface area contributed by atoms with E-state index in [1.165, 1.54) is 0 Å². The molecule has 1 amide bonds. The van der Waals surface area contributed by atoms with Crippen molar-refractivity contribution in [3.8, 4) is 0 Å². The third-order valence-electron chi connectivity index (χ3n) is 6.96. The van der Waals surface area contributed by atoms with E-state index in [0.717, 1.165) is 43.7 Å². The van der Waals surface area contributed by atoms with Gasteiger partial charge in [0.25, 0.3) is 0 Å². The number of hydrogen-bond acceptors (Lipinski definition) is 6. The second-order valence-corrected chi connectivity index (χ2v) is 9.92. The zero-order chi connectivity index (χ0) is 22.8. The molecule has 0 aromatic carbocycles. The van der Waals surface area contributed by atoms with E-state index >= 15 is 0 Å². The van der Waals surface area contributed by atoms with Gasteiger partial charge in [-0.1, -0.05) is 32.9 Å². The molecule has 0 saturated carbocycles. The number of anilines is 1. The molecule has 0 radical (unpaired) electrons. The van der Waals surface area contributed by atoms with Gasteiger partial charge in [0.2, 0.25) is 0 Å². The predicted molar refractivity (Wildman–Crippen MR) is 125 cm³/mol. The van der Waals surface area contributed by atoms with Gasteiger partial charge >= 0.3 is 6.09 Å². The van der Waals surface area contributed by atoms with Gasteiger partial charge < -0.3 is 15.4 Å². The number of ether oxygens (including phenoxy) is 1. The number of rotatable bonds is 3. The summed E-state index contributed by atoms with van der Waals surface area (Å²) in [5.41, 5.74) is 6.47. The van der Waals surface area contributed by atoms with Crippen LogP contribution in [0, 0.1) is 5.41 Å². The smallest absolute Gasteiger partial charge is 0.411 e. The first-order chi connectivity index (χ1) is 15.3. The van der Waals surface area contributed by atoms with Crippen LogP contribution in [0.25, 0.3) is 0 Å². The number of nitrogens with zero attached hydrogens (tertiary/aromatic N) is 4. The van der Waals surface area contributed by atoms with Gasteiger partial charge in [-0.25, -0.2) is 9.78 Å². The SMILES string of the molecule is CC(C)(C)C1(c2ccccn2)CC(OC(=O)N2CCCCC2N)CCN1c1ccccn1. The Bertz CT molecular complexity index is 902. The summed E-state index contributed by atoms with van der Waals surface area (Å²) >= 11 is 0. The van der Waals surface area contributed by atoms with Crippen LogP contribution in [-0.2, 0) is 10.3 Å².